The zero-order chi connectivity index (χ0) is 20.2. The Morgan fingerprint density at radius 3 is 2.97 bits per heavy atom. The van der Waals surface area contributed by atoms with E-state index in [9.17, 15) is 0 Å². The van der Waals surface area contributed by atoms with Crippen LogP contribution in [0.25, 0.3) is 33.5 Å². The van der Waals surface area contributed by atoms with Gasteiger partial charge in [-0.1, -0.05) is 0 Å². The van der Waals surface area contributed by atoms with Crippen LogP contribution in [0.1, 0.15) is 11.3 Å². The molecule has 8 heteroatoms. The first kappa shape index (κ1) is 17.0. The van der Waals surface area contributed by atoms with Crippen molar-refractivity contribution >= 4 is 22.2 Å². The van der Waals surface area contributed by atoms with Gasteiger partial charge in [-0.25, -0.2) is 14.2 Å². The largest absolute Gasteiger partial charge is 0.494 e. The van der Waals surface area contributed by atoms with Crippen LogP contribution in [-0.4, -0.2) is 43.0 Å². The minimum absolute atomic E-state index is 0.772. The van der Waals surface area contributed by atoms with Gasteiger partial charge < -0.3 is 10.1 Å². The molecular weight excluding hydrogens is 378 g/mol. The Balaban J connectivity index is 1.59. The lowest BCUT2D eigenvalue weighted by molar-refractivity contribution is 0.412. The third-order valence-electron chi connectivity index (χ3n) is 5.65. The van der Waals surface area contributed by atoms with Crippen LogP contribution in [0.4, 0.5) is 5.69 Å². The number of pyridine rings is 1. The molecule has 0 saturated heterocycles. The standard InChI is InChI=1S/C22H19N7O/c1-13-15-11-25-18(16-12-26-28-7-3-5-24-22(16)28)9-19(15)29(27-13)20-8-14-4-6-23-17(14)10-21(20)30-2/h3,5,7-12,23H,4,6H2,1-2H3. The maximum Gasteiger partial charge on any atom is 0.164 e. The highest BCUT2D eigenvalue weighted by atomic mass is 16.5. The molecule has 1 aliphatic heterocycles. The summed E-state index contributed by atoms with van der Waals surface area (Å²) in [6.07, 6.45) is 8.30. The van der Waals surface area contributed by atoms with E-state index in [0.29, 0.717) is 0 Å². The summed E-state index contributed by atoms with van der Waals surface area (Å²) in [5.41, 5.74) is 7.67. The van der Waals surface area contributed by atoms with Crippen LogP contribution in [0, 0.1) is 6.92 Å². The van der Waals surface area contributed by atoms with Crippen LogP contribution in [0.3, 0.4) is 0 Å². The molecule has 0 saturated carbocycles. The fourth-order valence-electron chi connectivity index (χ4n) is 4.14. The molecule has 6 rings (SSSR count). The van der Waals surface area contributed by atoms with E-state index in [-0.39, 0.29) is 0 Å². The van der Waals surface area contributed by atoms with Crippen molar-refractivity contribution < 1.29 is 4.74 Å². The Kier molecular flexibility index (Phi) is 3.55. The zero-order valence-corrected chi connectivity index (χ0v) is 16.6. The van der Waals surface area contributed by atoms with Crippen molar-refractivity contribution in [1.82, 2.24) is 29.4 Å². The first-order valence-electron chi connectivity index (χ1n) is 9.82. The number of anilines is 1. The van der Waals surface area contributed by atoms with Crippen molar-refractivity contribution in [3.05, 3.63) is 60.3 Å². The number of hydrogen-bond acceptors (Lipinski definition) is 6. The van der Waals surface area contributed by atoms with E-state index in [2.05, 4.69) is 32.5 Å². The number of aromatic nitrogens is 6. The third-order valence-corrected chi connectivity index (χ3v) is 5.65. The Morgan fingerprint density at radius 1 is 1.13 bits per heavy atom. The quantitative estimate of drug-likeness (QED) is 0.502. The summed E-state index contributed by atoms with van der Waals surface area (Å²) in [4.78, 5) is 9.14. The lowest BCUT2D eigenvalue weighted by Crippen LogP contribution is -2.02. The molecule has 0 spiro atoms. The van der Waals surface area contributed by atoms with Crippen LogP contribution < -0.4 is 10.1 Å². The van der Waals surface area contributed by atoms with Gasteiger partial charge in [-0.2, -0.15) is 10.2 Å². The number of ether oxygens (including phenoxy) is 1. The highest BCUT2D eigenvalue weighted by Crippen LogP contribution is 2.35. The molecule has 0 amide bonds. The molecule has 4 aromatic heterocycles. The van der Waals surface area contributed by atoms with Crippen molar-refractivity contribution in [3.63, 3.8) is 0 Å². The van der Waals surface area contributed by atoms with Crippen molar-refractivity contribution in [3.8, 4) is 22.7 Å². The molecule has 0 bridgehead atoms. The van der Waals surface area contributed by atoms with Gasteiger partial charge in [-0.15, -0.1) is 0 Å². The van der Waals surface area contributed by atoms with Crippen molar-refractivity contribution in [2.45, 2.75) is 13.3 Å². The van der Waals surface area contributed by atoms with E-state index in [1.54, 1.807) is 24.0 Å². The molecule has 8 nitrogen and oxygen atoms in total. The van der Waals surface area contributed by atoms with Gasteiger partial charge in [0, 0.05) is 42.3 Å². The Hall–Kier alpha value is -3.94. The number of fused-ring (bicyclic) bond motifs is 3. The number of aryl methyl sites for hydroxylation is 1. The van der Waals surface area contributed by atoms with Gasteiger partial charge in [0.25, 0.3) is 0 Å². The number of nitrogens with one attached hydrogen (secondary N) is 1. The highest BCUT2D eigenvalue weighted by Gasteiger charge is 2.20. The smallest absolute Gasteiger partial charge is 0.164 e. The Morgan fingerprint density at radius 2 is 2.07 bits per heavy atom. The van der Waals surface area contributed by atoms with Crippen LogP contribution in [-0.2, 0) is 6.42 Å². The zero-order valence-electron chi connectivity index (χ0n) is 16.6. The van der Waals surface area contributed by atoms with Crippen LogP contribution in [0.5, 0.6) is 5.75 Å². The number of methoxy groups -OCH3 is 1. The second-order valence-corrected chi connectivity index (χ2v) is 7.39. The minimum Gasteiger partial charge on any atom is -0.494 e. The van der Waals surface area contributed by atoms with E-state index in [1.165, 1.54) is 5.56 Å². The van der Waals surface area contributed by atoms with E-state index in [0.717, 1.165) is 63.6 Å². The molecule has 1 aromatic carbocycles. The van der Waals surface area contributed by atoms with Gasteiger partial charge in [-0.05, 0) is 37.1 Å². The number of rotatable bonds is 3. The fraction of sp³-hybridized carbons (Fsp3) is 0.182. The lowest BCUT2D eigenvalue weighted by Gasteiger charge is -2.12. The average molecular weight is 397 g/mol. The van der Waals surface area contributed by atoms with Gasteiger partial charge >= 0.3 is 0 Å². The summed E-state index contributed by atoms with van der Waals surface area (Å²) < 4.78 is 9.40. The fourth-order valence-corrected chi connectivity index (χ4v) is 4.14. The monoisotopic (exact) mass is 397 g/mol. The molecule has 1 aliphatic rings. The van der Waals surface area contributed by atoms with E-state index in [4.69, 9.17) is 9.84 Å². The van der Waals surface area contributed by atoms with Crippen LogP contribution >= 0.6 is 0 Å². The Labute approximate surface area is 172 Å². The number of nitrogens with zero attached hydrogens (tertiary/aromatic N) is 6. The maximum absolute atomic E-state index is 5.70. The van der Waals surface area contributed by atoms with E-state index in [1.807, 2.05) is 36.1 Å². The van der Waals surface area contributed by atoms with Crippen molar-refractivity contribution in [2.75, 3.05) is 19.0 Å². The number of benzene rings is 1. The molecule has 148 valence electrons. The maximum atomic E-state index is 5.70. The molecular formula is C22H19N7O. The second kappa shape index (κ2) is 6.28. The Bertz CT molecular complexity index is 1430. The highest BCUT2D eigenvalue weighted by molar-refractivity contribution is 5.88. The van der Waals surface area contributed by atoms with Gasteiger partial charge in [0.1, 0.15) is 11.4 Å². The summed E-state index contributed by atoms with van der Waals surface area (Å²) in [6.45, 7) is 2.94. The molecule has 0 fully saturated rings. The summed E-state index contributed by atoms with van der Waals surface area (Å²) in [5.74, 6) is 0.781. The van der Waals surface area contributed by atoms with Crippen molar-refractivity contribution in [1.29, 1.82) is 0 Å². The summed E-state index contributed by atoms with van der Waals surface area (Å²) >= 11 is 0. The van der Waals surface area contributed by atoms with Crippen LogP contribution in [0.2, 0.25) is 0 Å². The first-order chi connectivity index (χ1) is 14.7. The van der Waals surface area contributed by atoms with Crippen LogP contribution in [0.15, 0.2) is 49.1 Å². The molecule has 1 N–H and O–H groups in total. The molecule has 30 heavy (non-hydrogen) atoms. The van der Waals surface area contributed by atoms with Gasteiger partial charge in [0.05, 0.1) is 35.8 Å². The van der Waals surface area contributed by atoms with E-state index >= 15 is 0 Å². The first-order valence-corrected chi connectivity index (χ1v) is 9.82. The van der Waals surface area contributed by atoms with Gasteiger partial charge in [0.15, 0.2) is 5.65 Å². The summed E-state index contributed by atoms with van der Waals surface area (Å²) in [7, 11) is 1.69. The van der Waals surface area contributed by atoms with Gasteiger partial charge in [-0.3, -0.25) is 4.98 Å². The molecule has 5 aromatic rings. The molecule has 0 atom stereocenters. The SMILES string of the molecule is COc1cc2c(cc1-n1nc(C)c3cnc(-c4cnn5cccnc45)cc31)CCN2. The third kappa shape index (κ3) is 2.40. The predicted molar refractivity (Wildman–Crippen MR) is 114 cm³/mol. The normalized spacial score (nSPS) is 13.0. The average Bonchev–Trinajstić information content (AvgIpc) is 3.49. The summed E-state index contributed by atoms with van der Waals surface area (Å²) in [6, 6.07) is 8.12. The molecule has 5 heterocycles. The van der Waals surface area contributed by atoms with Crippen molar-refractivity contribution in [2.24, 2.45) is 0 Å². The topological polar surface area (TPSA) is 82.2 Å². The molecule has 0 radical (unpaired) electrons. The van der Waals surface area contributed by atoms with Gasteiger partial charge in [0.2, 0.25) is 0 Å². The van der Waals surface area contributed by atoms with E-state index < -0.39 is 0 Å². The summed E-state index contributed by atoms with van der Waals surface area (Å²) in [5, 5.41) is 13.6. The molecule has 0 aliphatic carbocycles. The second-order valence-electron chi connectivity index (χ2n) is 7.39. The molecule has 0 unspecified atom stereocenters. The minimum atomic E-state index is 0.772. The lowest BCUT2D eigenvalue weighted by atomic mass is 10.1. The number of hydrogen-bond donors (Lipinski definition) is 1. The predicted octanol–water partition coefficient (Wildman–Crippen LogP) is 3.42.